The van der Waals surface area contributed by atoms with Crippen molar-refractivity contribution < 1.29 is 24.8 Å². The lowest BCUT2D eigenvalue weighted by molar-refractivity contribution is 0.0218. The summed E-state index contributed by atoms with van der Waals surface area (Å²) in [5.41, 5.74) is 2.06. The predicted molar refractivity (Wildman–Crippen MR) is 124 cm³/mol. The van der Waals surface area contributed by atoms with Crippen molar-refractivity contribution in [1.82, 2.24) is 0 Å². The van der Waals surface area contributed by atoms with Gasteiger partial charge in [-0.2, -0.15) is 0 Å². The number of aliphatic hydroxyl groups excluding tert-OH is 3. The van der Waals surface area contributed by atoms with E-state index in [0.717, 1.165) is 18.6 Å². The van der Waals surface area contributed by atoms with Crippen LogP contribution < -0.4 is 9.47 Å². The molecule has 0 aromatic heterocycles. The molecular formula is C26H38O5. The molecule has 3 N–H and O–H groups in total. The Hall–Kier alpha value is -2.08. The molecular weight excluding hydrogens is 392 g/mol. The van der Waals surface area contributed by atoms with Crippen LogP contribution in [0.4, 0.5) is 0 Å². The number of benzene rings is 2. The maximum atomic E-state index is 10.2. The summed E-state index contributed by atoms with van der Waals surface area (Å²) < 4.78 is 11.3. The van der Waals surface area contributed by atoms with Gasteiger partial charge in [0.25, 0.3) is 0 Å². The average Bonchev–Trinajstić information content (AvgIpc) is 2.77. The van der Waals surface area contributed by atoms with E-state index in [4.69, 9.17) is 14.6 Å². The molecule has 0 saturated carbocycles. The largest absolute Gasteiger partial charge is 0.491 e. The summed E-state index contributed by atoms with van der Waals surface area (Å²) in [5.74, 6) is 1.41. The van der Waals surface area contributed by atoms with Crippen LogP contribution in [-0.4, -0.2) is 47.3 Å². The van der Waals surface area contributed by atoms with Crippen molar-refractivity contribution in [2.45, 2.75) is 65.1 Å². The molecule has 2 rings (SSSR count). The van der Waals surface area contributed by atoms with Gasteiger partial charge in [-0.1, -0.05) is 58.9 Å². The Morgan fingerprint density at radius 2 is 1.16 bits per heavy atom. The van der Waals surface area contributed by atoms with Crippen LogP contribution in [0.3, 0.4) is 0 Å². The summed E-state index contributed by atoms with van der Waals surface area (Å²) in [6.07, 6.45) is 0.471. The number of hydrogen-bond donors (Lipinski definition) is 3. The normalized spacial score (nSPS) is 14.2. The third kappa shape index (κ3) is 6.45. The second kappa shape index (κ2) is 11.0. The molecule has 0 spiro atoms. The number of ether oxygens (including phenoxy) is 2. The SMILES string of the molecule is CCC(CC)(c1ccc(OC[C@@H](O)CO)cc1)c1ccc(OC[C@@H](O)C(C)(C)C)cc1. The van der Waals surface area contributed by atoms with Crippen LogP contribution in [0.5, 0.6) is 11.5 Å². The van der Waals surface area contributed by atoms with Crippen molar-refractivity contribution in [3.05, 3.63) is 59.7 Å². The number of hydrogen-bond acceptors (Lipinski definition) is 5. The molecule has 0 aliphatic heterocycles. The highest BCUT2D eigenvalue weighted by Gasteiger charge is 2.30. The Labute approximate surface area is 186 Å². The molecule has 2 aromatic carbocycles. The summed E-state index contributed by atoms with van der Waals surface area (Å²) in [6.45, 7) is 10.4. The van der Waals surface area contributed by atoms with Crippen LogP contribution in [-0.2, 0) is 5.41 Å². The molecule has 172 valence electrons. The van der Waals surface area contributed by atoms with E-state index in [1.807, 2.05) is 45.0 Å². The van der Waals surface area contributed by atoms with Gasteiger partial charge in [-0.3, -0.25) is 0 Å². The van der Waals surface area contributed by atoms with Crippen LogP contribution >= 0.6 is 0 Å². The summed E-state index contributed by atoms with van der Waals surface area (Å²) in [4.78, 5) is 0. The van der Waals surface area contributed by atoms with E-state index in [2.05, 4.69) is 38.1 Å². The van der Waals surface area contributed by atoms with Crippen LogP contribution in [0.25, 0.3) is 0 Å². The highest BCUT2D eigenvalue weighted by atomic mass is 16.5. The summed E-state index contributed by atoms with van der Waals surface area (Å²) in [5, 5.41) is 28.6. The molecule has 5 heteroatoms. The molecule has 0 amide bonds. The van der Waals surface area contributed by atoms with E-state index < -0.39 is 12.2 Å². The van der Waals surface area contributed by atoms with Crippen molar-refractivity contribution in [2.24, 2.45) is 5.41 Å². The summed E-state index contributed by atoms with van der Waals surface area (Å²) >= 11 is 0. The number of rotatable bonds is 11. The molecule has 31 heavy (non-hydrogen) atoms. The van der Waals surface area contributed by atoms with Crippen LogP contribution in [0, 0.1) is 5.41 Å². The molecule has 0 unspecified atom stereocenters. The van der Waals surface area contributed by atoms with E-state index >= 15 is 0 Å². The smallest absolute Gasteiger partial charge is 0.119 e. The molecule has 2 aromatic rings. The molecule has 0 aliphatic carbocycles. The van der Waals surface area contributed by atoms with Crippen molar-refractivity contribution in [1.29, 1.82) is 0 Å². The zero-order valence-electron chi connectivity index (χ0n) is 19.5. The van der Waals surface area contributed by atoms with Crippen molar-refractivity contribution in [2.75, 3.05) is 19.8 Å². The van der Waals surface area contributed by atoms with Crippen LogP contribution in [0.1, 0.15) is 58.6 Å². The third-order valence-corrected chi connectivity index (χ3v) is 6.08. The van der Waals surface area contributed by atoms with E-state index in [9.17, 15) is 10.2 Å². The Balaban J connectivity index is 2.16. The monoisotopic (exact) mass is 430 g/mol. The van der Waals surface area contributed by atoms with E-state index in [-0.39, 0.29) is 30.7 Å². The lowest BCUT2D eigenvalue weighted by Crippen LogP contribution is -2.32. The third-order valence-electron chi connectivity index (χ3n) is 6.08. The van der Waals surface area contributed by atoms with Gasteiger partial charge in [0.2, 0.25) is 0 Å². The average molecular weight is 431 g/mol. The fourth-order valence-corrected chi connectivity index (χ4v) is 3.64. The van der Waals surface area contributed by atoms with Gasteiger partial charge in [-0.25, -0.2) is 0 Å². The fraction of sp³-hybridized carbons (Fsp3) is 0.538. The zero-order chi connectivity index (χ0) is 23.1. The maximum absolute atomic E-state index is 10.2. The Bertz CT molecular complexity index is 773. The van der Waals surface area contributed by atoms with Crippen LogP contribution in [0.2, 0.25) is 0 Å². The minimum atomic E-state index is -0.879. The Kier molecular flexibility index (Phi) is 8.92. The first-order valence-corrected chi connectivity index (χ1v) is 11.1. The molecule has 0 aliphatic rings. The fourth-order valence-electron chi connectivity index (χ4n) is 3.64. The zero-order valence-corrected chi connectivity index (χ0v) is 19.5. The van der Waals surface area contributed by atoms with Crippen molar-refractivity contribution in [3.63, 3.8) is 0 Å². The van der Waals surface area contributed by atoms with Gasteiger partial charge >= 0.3 is 0 Å². The van der Waals surface area contributed by atoms with Gasteiger partial charge in [-0.05, 0) is 53.6 Å². The standard InChI is InChI=1S/C26H38O5/c1-6-26(7-2,19-8-12-22(13-9-19)30-17-21(28)16-27)20-10-14-23(15-11-20)31-18-24(29)25(3,4)5/h8-15,21,24,27-29H,6-7,16-18H2,1-5H3/t21-,24+/m0/s1. The van der Waals surface area contributed by atoms with Gasteiger partial charge < -0.3 is 24.8 Å². The van der Waals surface area contributed by atoms with E-state index in [0.29, 0.717) is 5.75 Å². The molecule has 0 radical (unpaired) electrons. The first-order chi connectivity index (χ1) is 14.7. The minimum absolute atomic E-state index is 0.0634. The highest BCUT2D eigenvalue weighted by Crippen LogP contribution is 2.40. The van der Waals surface area contributed by atoms with E-state index in [1.54, 1.807) is 0 Å². The maximum Gasteiger partial charge on any atom is 0.119 e. The van der Waals surface area contributed by atoms with Crippen LogP contribution in [0.15, 0.2) is 48.5 Å². The second-order valence-corrected chi connectivity index (χ2v) is 9.18. The summed E-state index contributed by atoms with van der Waals surface area (Å²) in [7, 11) is 0. The van der Waals surface area contributed by atoms with Gasteiger partial charge in [-0.15, -0.1) is 0 Å². The number of aliphatic hydroxyl groups is 3. The lowest BCUT2D eigenvalue weighted by Gasteiger charge is -2.33. The van der Waals surface area contributed by atoms with Crippen molar-refractivity contribution in [3.8, 4) is 11.5 Å². The first kappa shape index (κ1) is 25.2. The first-order valence-electron chi connectivity index (χ1n) is 11.1. The highest BCUT2D eigenvalue weighted by molar-refractivity contribution is 5.43. The topological polar surface area (TPSA) is 79.2 Å². The van der Waals surface area contributed by atoms with Gasteiger partial charge in [0, 0.05) is 5.41 Å². The van der Waals surface area contributed by atoms with Gasteiger partial charge in [0.15, 0.2) is 0 Å². The quantitative estimate of drug-likeness (QED) is 0.495. The molecule has 0 bridgehead atoms. The molecule has 5 nitrogen and oxygen atoms in total. The predicted octanol–water partition coefficient (Wildman–Crippen LogP) is 4.31. The molecule has 0 heterocycles. The summed E-state index contributed by atoms with van der Waals surface area (Å²) in [6, 6.07) is 16.1. The Morgan fingerprint density at radius 1 is 0.742 bits per heavy atom. The van der Waals surface area contributed by atoms with Gasteiger partial charge in [0.05, 0.1) is 12.7 Å². The minimum Gasteiger partial charge on any atom is -0.491 e. The molecule has 2 atom stereocenters. The van der Waals surface area contributed by atoms with Crippen molar-refractivity contribution >= 4 is 0 Å². The molecule has 0 fully saturated rings. The Morgan fingerprint density at radius 3 is 1.52 bits per heavy atom. The second-order valence-electron chi connectivity index (χ2n) is 9.18. The molecule has 0 saturated heterocycles. The van der Waals surface area contributed by atoms with E-state index in [1.165, 1.54) is 11.1 Å². The lowest BCUT2D eigenvalue weighted by atomic mass is 9.70. The van der Waals surface area contributed by atoms with Gasteiger partial charge in [0.1, 0.15) is 30.8 Å².